The van der Waals surface area contributed by atoms with E-state index in [0.717, 1.165) is 0 Å². The predicted molar refractivity (Wildman–Crippen MR) is 522 cm³/mol. The number of alkyl carbamates (subject to hydrolysis) is 7. The molecule has 7 amide bonds. The molecule has 4 aliphatic rings. The van der Waals surface area contributed by atoms with Crippen LogP contribution < -0.4 is 37.2 Å². The molecule has 0 saturated carbocycles. The summed E-state index contributed by atoms with van der Waals surface area (Å²) in [4.78, 5) is 119. The van der Waals surface area contributed by atoms with E-state index < -0.39 is 153 Å². The third-order valence-electron chi connectivity index (χ3n) is 18.4. The summed E-state index contributed by atoms with van der Waals surface area (Å²) in [5, 5.41) is 59.4. The number of aliphatic hydroxyl groups excluding tert-OH is 4. The van der Waals surface area contributed by atoms with Crippen molar-refractivity contribution in [3.8, 4) is 0 Å². The Balaban J connectivity index is -0.000000474. The van der Waals surface area contributed by atoms with Gasteiger partial charge in [0.05, 0.1) is 74.8 Å². The molecule has 4 fully saturated rings. The highest BCUT2D eigenvalue weighted by molar-refractivity contribution is 6.00. The predicted octanol–water partition coefficient (Wildman–Crippen LogP) is 18.6. The van der Waals surface area contributed by atoms with Crippen molar-refractivity contribution in [2.75, 3.05) is 26.4 Å². The van der Waals surface area contributed by atoms with Crippen molar-refractivity contribution in [1.29, 1.82) is 0 Å². The molecule has 132 heavy (non-hydrogen) atoms. The Morgan fingerprint density at radius 2 is 0.500 bits per heavy atom. The van der Waals surface area contributed by atoms with E-state index in [2.05, 4.69) is 63.9 Å². The monoisotopic (exact) mass is 1890 g/mol. The Morgan fingerprint density at radius 3 is 0.674 bits per heavy atom. The molecular weight excluding hydrogens is 1700 g/mol. The zero-order chi connectivity index (χ0) is 103. The van der Waals surface area contributed by atoms with Crippen LogP contribution in [0.15, 0.2) is 36.5 Å². The number of carbonyl (C=O) groups is 10. The van der Waals surface area contributed by atoms with Gasteiger partial charge < -0.3 is 110 Å². The standard InChI is InChI=1S/2C14H27NO4.2C14H25NO4.C14H27NO3.2C14H25NO3.2CH4/c4*1-9(2)7-10(11(16)14(6)8-18-14)15-12(17)19-13(3,4)5;3*1-9(2)8-11(12(16)10(3)4)15-13(17)18-14(5,6)7;;/h2*9-11,16H,7-8H2,1-6H3,(H,15,17);2*9-10H,7-8H2,1-6H3,(H,15,17);9,11-12,16H,3,8H2,1-2,4-7H3,(H,15,17);9,11H,3,8H2,1-2,4-7H3,(H,15,17);9,11-12,16H,3-4,8H2,1-2,5-7H3;2*1H4/p+1/t10-,11+,14-;10-,11-,14+;10-,14+;10-,14-;11-,12-;11-;11-,12+;;/m0000000../s1. The van der Waals surface area contributed by atoms with E-state index in [1.165, 1.54) is 0 Å². The van der Waals surface area contributed by atoms with Gasteiger partial charge in [-0.2, -0.15) is 0 Å². The van der Waals surface area contributed by atoms with Crippen LogP contribution in [0.25, 0.3) is 0 Å². The summed E-state index contributed by atoms with van der Waals surface area (Å²) >= 11 is 0. The van der Waals surface area contributed by atoms with Crippen LogP contribution in [0.3, 0.4) is 0 Å². The third-order valence-corrected chi connectivity index (χ3v) is 18.4. The lowest BCUT2D eigenvalue weighted by atomic mass is 9.92. The number of ether oxygens (including phenoxy) is 11. The van der Waals surface area contributed by atoms with Crippen molar-refractivity contribution in [3.05, 3.63) is 43.4 Å². The fraction of sp³-hybridized carbons (Fsp3) is 0.830. The molecule has 0 unspecified atom stereocenters. The summed E-state index contributed by atoms with van der Waals surface area (Å²) in [6, 6.07) is -3.17. The molecule has 0 bridgehead atoms. The first-order valence-corrected chi connectivity index (χ1v) is 45.9. The first-order chi connectivity index (χ1) is 58.2. The normalized spacial score (nSPS) is 20.2. The van der Waals surface area contributed by atoms with E-state index in [1.54, 1.807) is 132 Å². The lowest BCUT2D eigenvalue weighted by molar-refractivity contribution is -0.126. The molecular formula is C100H190N7O25+. The molecule has 4 heterocycles. The maximum atomic E-state index is 12.3. The van der Waals surface area contributed by atoms with Crippen molar-refractivity contribution in [2.45, 2.75) is 472 Å². The zero-order valence-corrected chi connectivity index (χ0v) is 87.9. The molecule has 32 heteroatoms. The molecule has 0 aromatic carbocycles. The maximum absolute atomic E-state index is 12.3. The minimum Gasteiger partial charge on any atom is -0.444 e. The highest BCUT2D eigenvalue weighted by atomic mass is 16.6. The molecule has 0 aliphatic carbocycles. The number of ketones is 3. The van der Waals surface area contributed by atoms with Crippen LogP contribution in [0, 0.1) is 48.3 Å². The number of Topliss-reactive ketones (excluding diaryl/α,β-unsaturated/α-hetero) is 3. The minimum absolute atomic E-state index is 0. The van der Waals surface area contributed by atoms with E-state index in [4.69, 9.17) is 52.1 Å². The van der Waals surface area contributed by atoms with Crippen molar-refractivity contribution in [3.63, 3.8) is 0 Å². The first-order valence-electron chi connectivity index (χ1n) is 45.9. The van der Waals surface area contributed by atoms with Crippen LogP contribution in [0.5, 0.6) is 0 Å². The average molecular weight is 1890 g/mol. The SMILES string of the molecule is C.C.C=C(C)C(=O)[C@H](CC(C)C)NC(=O)OC(C)(C)C.C=C(C)[C@H](O)[C@H](CC(C)C)NC(=O)OC(C)(C)C.C=C([CH2+])[C@@H](O)[C@H](CC(C)C)NC(=O)OC(C)(C)C.CC(C)C[C@H](NC(=O)OC(C)(C)C)C(=O)[C@@]1(C)CO1.CC(C)C[C@H](NC(=O)OC(C)(C)C)C(=O)[C@]1(C)CO1.CC(C)C[C@H](NC(=O)OC(C)(C)C)[C@@H](O)[C@]1(C)CO1.CC(C)C[C@H](NC(=O)OC(C)(C)C)[C@H](O)[C@@]1(C)CO1. The molecule has 774 valence electrons. The average Bonchev–Trinajstić information content (AvgIpc) is 1.66. The Kier molecular flexibility index (Phi) is 57.5. The quantitative estimate of drug-likeness (QED) is 0.00923. The van der Waals surface area contributed by atoms with Crippen molar-refractivity contribution in [1.82, 2.24) is 37.2 Å². The number of hydrogen-bond acceptors (Lipinski definition) is 25. The van der Waals surface area contributed by atoms with Gasteiger partial charge >= 0.3 is 42.7 Å². The molecule has 0 radical (unpaired) electrons. The number of hydrogen-bond donors (Lipinski definition) is 11. The molecule has 0 aromatic heterocycles. The Morgan fingerprint density at radius 1 is 0.318 bits per heavy atom. The highest BCUT2D eigenvalue weighted by Crippen LogP contribution is 2.36. The lowest BCUT2D eigenvalue weighted by Gasteiger charge is -2.29. The second kappa shape index (κ2) is 57.0. The first kappa shape index (κ1) is 133. The van der Waals surface area contributed by atoms with E-state index in [0.29, 0.717) is 130 Å². The Hall–Kier alpha value is -7.33. The largest absolute Gasteiger partial charge is 0.444 e. The molecule has 0 spiro atoms. The number of carbonyl (C=O) groups excluding carboxylic acids is 10. The number of amides is 7. The van der Waals surface area contributed by atoms with Crippen LogP contribution in [-0.2, 0) is 66.5 Å². The van der Waals surface area contributed by atoms with E-state index in [1.807, 2.05) is 152 Å². The molecule has 32 nitrogen and oxygen atoms in total. The minimum atomic E-state index is -0.861. The van der Waals surface area contributed by atoms with Gasteiger partial charge in [0.15, 0.2) is 17.3 Å². The number of aliphatic hydroxyl groups is 4. The van der Waals surface area contributed by atoms with Gasteiger partial charge in [-0.15, -0.1) is 0 Å². The van der Waals surface area contributed by atoms with Crippen LogP contribution in [0.1, 0.15) is 344 Å². The maximum Gasteiger partial charge on any atom is 0.408 e. The van der Waals surface area contributed by atoms with Gasteiger partial charge in [0.25, 0.3) is 0 Å². The van der Waals surface area contributed by atoms with Crippen LogP contribution >= 0.6 is 0 Å². The summed E-state index contributed by atoms with van der Waals surface area (Å²) in [5.41, 5.74) is -4.96. The van der Waals surface area contributed by atoms with Crippen molar-refractivity contribution >= 4 is 60.0 Å². The van der Waals surface area contributed by atoms with Gasteiger partial charge in [0.2, 0.25) is 0 Å². The van der Waals surface area contributed by atoms with Crippen LogP contribution in [-0.4, -0.2) is 235 Å². The molecule has 0 aromatic rings. The van der Waals surface area contributed by atoms with Gasteiger partial charge in [0.1, 0.15) is 85.5 Å². The fourth-order valence-electron chi connectivity index (χ4n) is 12.0. The third kappa shape index (κ3) is 64.6. The summed E-state index contributed by atoms with van der Waals surface area (Å²) in [6.07, 6.45) is -2.37. The van der Waals surface area contributed by atoms with E-state index >= 15 is 0 Å². The van der Waals surface area contributed by atoms with Crippen LogP contribution in [0.4, 0.5) is 33.6 Å². The zero-order valence-electron chi connectivity index (χ0n) is 87.9. The number of rotatable bonds is 35. The topological polar surface area (TPSA) is 451 Å². The smallest absolute Gasteiger partial charge is 0.408 e. The number of epoxide rings is 4. The Bertz CT molecular complexity index is 3330. The van der Waals surface area contributed by atoms with Gasteiger partial charge in [-0.1, -0.05) is 131 Å². The number of nitrogens with one attached hydrogen (secondary N) is 7. The van der Waals surface area contributed by atoms with Gasteiger partial charge in [-0.25, -0.2) is 33.6 Å². The molecule has 4 saturated heterocycles. The van der Waals surface area contributed by atoms with Crippen molar-refractivity contribution < 1.29 is 120 Å². The molecule has 4 rings (SSSR count). The molecule has 4 aliphatic heterocycles. The van der Waals surface area contributed by atoms with E-state index in [9.17, 15) is 68.4 Å². The lowest BCUT2D eigenvalue weighted by Crippen LogP contribution is -2.51. The summed E-state index contributed by atoms with van der Waals surface area (Å²) in [7, 11) is 0. The van der Waals surface area contributed by atoms with Crippen molar-refractivity contribution in [2.24, 2.45) is 41.4 Å². The highest BCUT2D eigenvalue weighted by Gasteiger charge is 2.54. The summed E-state index contributed by atoms with van der Waals surface area (Å²) in [6.45, 7) is 93.1. The fourth-order valence-corrected chi connectivity index (χ4v) is 12.0. The van der Waals surface area contributed by atoms with E-state index in [-0.39, 0.29) is 50.3 Å². The van der Waals surface area contributed by atoms with Gasteiger partial charge in [0, 0.05) is 13.5 Å². The second-order valence-corrected chi connectivity index (χ2v) is 45.4. The van der Waals surface area contributed by atoms with Crippen LogP contribution in [0.2, 0.25) is 0 Å². The summed E-state index contributed by atoms with van der Waals surface area (Å²) < 4.78 is 57.2. The molecule has 15 atom stereocenters. The molecule has 11 N–H and O–H groups in total. The Labute approximate surface area is 797 Å². The summed E-state index contributed by atoms with van der Waals surface area (Å²) in [5.74, 6) is 2.01. The second-order valence-electron chi connectivity index (χ2n) is 45.4. The van der Waals surface area contributed by atoms with Gasteiger partial charge in [-0.05, 0) is 279 Å². The van der Waals surface area contributed by atoms with Gasteiger partial charge in [-0.3, -0.25) is 14.4 Å².